The Morgan fingerprint density at radius 3 is 2.06 bits per heavy atom. The minimum absolute atomic E-state index is 0.118. The average molecular weight is 268 g/mol. The summed E-state index contributed by atoms with van der Waals surface area (Å²) in [7, 11) is -2.13. The van der Waals surface area contributed by atoms with Crippen LogP contribution in [0.25, 0.3) is 0 Å². The fraction of sp³-hybridized carbons (Fsp3) is 0.400. The van der Waals surface area contributed by atoms with E-state index in [1.165, 1.54) is 12.1 Å². The van der Waals surface area contributed by atoms with Crippen LogP contribution in [0.3, 0.4) is 0 Å². The molecule has 0 heterocycles. The lowest BCUT2D eigenvalue weighted by atomic mass is 10.2. The molecule has 0 amide bonds. The number of halogens is 3. The largest absolute Gasteiger partial charge is 0.443 e. The van der Waals surface area contributed by atoms with Gasteiger partial charge in [0.05, 0.1) is 16.6 Å². The summed E-state index contributed by atoms with van der Waals surface area (Å²) in [5, 5.41) is 17.5. The lowest BCUT2D eigenvalue weighted by molar-refractivity contribution is -0.336. The van der Waals surface area contributed by atoms with Crippen LogP contribution < -0.4 is 0 Å². The molecule has 0 saturated heterocycles. The number of hydrogen-bond donors (Lipinski definition) is 2. The third-order valence-corrected chi connectivity index (χ3v) is 3.53. The first-order valence-corrected chi connectivity index (χ1v) is 5.92. The molecule has 0 saturated carbocycles. The molecule has 0 fully saturated rings. The normalized spacial score (nSPS) is 14.7. The van der Waals surface area contributed by atoms with E-state index >= 15 is 0 Å². The summed E-state index contributed by atoms with van der Waals surface area (Å²) in [5.41, 5.74) is 0.862. The second kappa shape index (κ2) is 4.75. The van der Waals surface area contributed by atoms with E-state index in [2.05, 4.69) is 0 Å². The average Bonchev–Trinajstić information content (AvgIpc) is 2.16. The van der Waals surface area contributed by atoms with E-state index in [1.54, 1.807) is 19.1 Å². The summed E-state index contributed by atoms with van der Waals surface area (Å²) in [4.78, 5) is 0.118. The minimum atomic E-state index is -5.23. The fourth-order valence-corrected chi connectivity index (χ4v) is 2.17. The minimum Gasteiger partial charge on any atom is -0.358 e. The molecule has 0 aliphatic rings. The van der Waals surface area contributed by atoms with Crippen LogP contribution in [0.5, 0.6) is 0 Å². The maximum Gasteiger partial charge on any atom is 0.443 e. The molecule has 3 nitrogen and oxygen atoms in total. The fourth-order valence-electron chi connectivity index (χ4n) is 1.04. The van der Waals surface area contributed by atoms with Gasteiger partial charge in [-0.15, -0.1) is 0 Å². The maximum absolute atomic E-state index is 12.1. The Balaban J connectivity index is 2.83. The van der Waals surface area contributed by atoms with Crippen molar-refractivity contribution in [1.29, 1.82) is 0 Å². The van der Waals surface area contributed by atoms with Gasteiger partial charge >= 0.3 is 6.18 Å². The Morgan fingerprint density at radius 2 is 1.65 bits per heavy atom. The van der Waals surface area contributed by atoms with E-state index in [0.29, 0.717) is 0 Å². The Morgan fingerprint density at radius 1 is 1.18 bits per heavy atom. The van der Waals surface area contributed by atoms with Gasteiger partial charge in [0.1, 0.15) is 0 Å². The molecule has 0 aliphatic heterocycles. The molecule has 1 aromatic rings. The van der Waals surface area contributed by atoms with Crippen molar-refractivity contribution < 1.29 is 27.6 Å². The van der Waals surface area contributed by atoms with Crippen molar-refractivity contribution in [2.45, 2.75) is 23.8 Å². The van der Waals surface area contributed by atoms with Gasteiger partial charge in [0.2, 0.25) is 0 Å². The second-order valence-electron chi connectivity index (χ2n) is 3.62. The van der Waals surface area contributed by atoms with Crippen LogP contribution in [0.15, 0.2) is 29.2 Å². The van der Waals surface area contributed by atoms with Gasteiger partial charge in [0, 0.05) is 4.90 Å². The van der Waals surface area contributed by atoms with Gasteiger partial charge < -0.3 is 10.2 Å². The van der Waals surface area contributed by atoms with E-state index in [1.807, 2.05) is 0 Å². The zero-order chi connectivity index (χ0) is 13.3. The SMILES string of the molecule is Cc1ccc([S@](=O)CC(O)(O)C(F)(F)F)cc1. The van der Waals surface area contributed by atoms with E-state index in [9.17, 15) is 17.4 Å². The second-order valence-corrected chi connectivity index (χ2v) is 5.07. The maximum atomic E-state index is 12.1. The van der Waals surface area contributed by atoms with Crippen molar-refractivity contribution in [3.63, 3.8) is 0 Å². The third-order valence-electron chi connectivity index (χ3n) is 2.07. The summed E-state index contributed by atoms with van der Waals surface area (Å²) in [5.74, 6) is -5.25. The molecule has 7 heteroatoms. The quantitative estimate of drug-likeness (QED) is 0.813. The van der Waals surface area contributed by atoms with Crippen LogP contribution >= 0.6 is 0 Å². The van der Waals surface area contributed by atoms with E-state index in [-0.39, 0.29) is 4.90 Å². The molecule has 0 bridgehead atoms. The number of benzene rings is 1. The van der Waals surface area contributed by atoms with Crippen molar-refractivity contribution in [3.8, 4) is 0 Å². The summed E-state index contributed by atoms with van der Waals surface area (Å²) in [6.07, 6.45) is -5.23. The monoisotopic (exact) mass is 268 g/mol. The zero-order valence-corrected chi connectivity index (χ0v) is 9.68. The van der Waals surface area contributed by atoms with Gasteiger partial charge in [-0.05, 0) is 19.1 Å². The smallest absolute Gasteiger partial charge is 0.358 e. The van der Waals surface area contributed by atoms with Crippen molar-refractivity contribution >= 4 is 10.8 Å². The highest BCUT2D eigenvalue weighted by atomic mass is 32.2. The molecule has 1 atom stereocenters. The van der Waals surface area contributed by atoms with Gasteiger partial charge in [-0.25, -0.2) is 0 Å². The van der Waals surface area contributed by atoms with Gasteiger partial charge in [-0.1, -0.05) is 17.7 Å². The number of aryl methyl sites for hydroxylation is 1. The third kappa shape index (κ3) is 3.52. The molecule has 0 unspecified atom stereocenters. The summed E-state index contributed by atoms with van der Waals surface area (Å²) in [6, 6.07) is 5.93. The van der Waals surface area contributed by atoms with Crippen molar-refractivity contribution in [3.05, 3.63) is 29.8 Å². The van der Waals surface area contributed by atoms with Crippen LogP contribution in [0.4, 0.5) is 13.2 Å². The Kier molecular flexibility index (Phi) is 3.95. The first-order chi connectivity index (χ1) is 7.63. The Hall–Kier alpha value is -0.920. The predicted octanol–water partition coefficient (Wildman–Crippen LogP) is 1.35. The highest BCUT2D eigenvalue weighted by Gasteiger charge is 2.53. The molecule has 0 radical (unpaired) electrons. The standard InChI is InChI=1S/C10H11F3O3S/c1-7-2-4-8(5-3-7)17(16)6-9(14,15)10(11,12)13/h2-5,14-15H,6H2,1H3/t17-/m1/s1. The molecule has 96 valence electrons. The highest BCUT2D eigenvalue weighted by Crippen LogP contribution is 2.29. The number of rotatable bonds is 3. The molecule has 0 aliphatic carbocycles. The van der Waals surface area contributed by atoms with E-state index in [4.69, 9.17) is 10.2 Å². The van der Waals surface area contributed by atoms with E-state index < -0.39 is 28.5 Å². The molecule has 0 spiro atoms. The molecule has 17 heavy (non-hydrogen) atoms. The summed E-state index contributed by atoms with van der Waals surface area (Å²) in [6.45, 7) is 1.77. The molecule has 0 aromatic heterocycles. The lowest BCUT2D eigenvalue weighted by Crippen LogP contribution is -2.49. The van der Waals surface area contributed by atoms with Crippen molar-refractivity contribution in [2.24, 2.45) is 0 Å². The van der Waals surface area contributed by atoms with Gasteiger partial charge in [-0.2, -0.15) is 13.2 Å². The highest BCUT2D eigenvalue weighted by molar-refractivity contribution is 7.85. The molecule has 1 aromatic carbocycles. The molecular weight excluding hydrogens is 257 g/mol. The summed E-state index contributed by atoms with van der Waals surface area (Å²) < 4.78 is 47.9. The van der Waals surface area contributed by atoms with Crippen LogP contribution in [0.2, 0.25) is 0 Å². The first-order valence-electron chi connectivity index (χ1n) is 4.60. The van der Waals surface area contributed by atoms with Crippen LogP contribution in [-0.2, 0) is 10.8 Å². The van der Waals surface area contributed by atoms with Crippen LogP contribution in [0, 0.1) is 6.92 Å². The van der Waals surface area contributed by atoms with Gasteiger partial charge in [0.25, 0.3) is 5.79 Å². The number of hydrogen-bond acceptors (Lipinski definition) is 3. The van der Waals surface area contributed by atoms with Crippen molar-refractivity contribution in [1.82, 2.24) is 0 Å². The summed E-state index contributed by atoms with van der Waals surface area (Å²) >= 11 is 0. The van der Waals surface area contributed by atoms with Crippen LogP contribution in [-0.4, -0.2) is 32.1 Å². The molecule has 1 rings (SSSR count). The van der Waals surface area contributed by atoms with Gasteiger partial charge in [0.15, 0.2) is 0 Å². The topological polar surface area (TPSA) is 57.5 Å². The lowest BCUT2D eigenvalue weighted by Gasteiger charge is -2.23. The Labute approximate surface area is 98.4 Å². The predicted molar refractivity (Wildman–Crippen MR) is 55.7 cm³/mol. The first kappa shape index (κ1) is 14.1. The zero-order valence-electron chi connectivity index (χ0n) is 8.86. The number of alkyl halides is 3. The van der Waals surface area contributed by atoms with Crippen LogP contribution in [0.1, 0.15) is 5.56 Å². The molecular formula is C10H11F3O3S. The van der Waals surface area contributed by atoms with Crippen molar-refractivity contribution in [2.75, 3.05) is 5.75 Å². The van der Waals surface area contributed by atoms with E-state index in [0.717, 1.165) is 5.56 Å². The Bertz CT molecular complexity index is 412. The molecule has 2 N–H and O–H groups in total. The number of aliphatic hydroxyl groups is 2. The van der Waals surface area contributed by atoms with Gasteiger partial charge in [-0.3, -0.25) is 4.21 Å².